The minimum Gasteiger partial charge on any atom is -0.744 e. The Bertz CT molecular complexity index is 2110. The van der Waals surface area contributed by atoms with Crippen LogP contribution < -0.4 is 0 Å². The van der Waals surface area contributed by atoms with Gasteiger partial charge in [-0.05, 0) is 43.7 Å². The SMILES string of the molecule is CC1=[C-]C(C)C(C)=C1C.C[Si](C)=[Zr+2].Cc1cc2c(-c3ccccc3)cccc2[cH-]1.Cc1ccc(S(=O)(=O)[O-])cc1.Cc1ccc(S(=O)(=O)[O-])cc1. The molecule has 0 spiro atoms. The average molecular weight is 818 g/mol. The van der Waals surface area contributed by atoms with Gasteiger partial charge in [-0.25, -0.2) is 22.4 Å². The Hall–Kier alpha value is -3.11. The molecule has 0 N–H and O–H groups in total. The quantitative estimate of drug-likeness (QED) is 0.102. The summed E-state index contributed by atoms with van der Waals surface area (Å²) >= 11 is 1.74. The molecule has 5 aromatic carbocycles. The van der Waals surface area contributed by atoms with Crippen LogP contribution in [0.5, 0.6) is 0 Å². The Morgan fingerprint density at radius 2 is 1.14 bits per heavy atom. The second-order valence-electron chi connectivity index (χ2n) is 12.5. The van der Waals surface area contributed by atoms with Crippen molar-refractivity contribution in [2.45, 2.75) is 71.4 Å². The van der Waals surface area contributed by atoms with E-state index in [2.05, 4.69) is 114 Å². The van der Waals surface area contributed by atoms with E-state index < -0.39 is 20.2 Å². The predicted octanol–water partition coefficient (Wildman–Crippen LogP) is 9.84. The van der Waals surface area contributed by atoms with Crippen LogP contribution in [0.4, 0.5) is 0 Å². The van der Waals surface area contributed by atoms with Crippen LogP contribution in [0.3, 0.4) is 0 Å². The molecule has 0 aliphatic heterocycles. The van der Waals surface area contributed by atoms with E-state index in [1.807, 2.05) is 13.8 Å². The van der Waals surface area contributed by atoms with Gasteiger partial charge in [-0.3, -0.25) is 6.08 Å². The molecule has 51 heavy (non-hydrogen) atoms. The molecule has 5 aromatic rings. The van der Waals surface area contributed by atoms with Crippen LogP contribution in [-0.2, 0) is 43.6 Å². The van der Waals surface area contributed by atoms with Gasteiger partial charge in [0.2, 0.25) is 0 Å². The van der Waals surface area contributed by atoms with Gasteiger partial charge in [0, 0.05) is 0 Å². The van der Waals surface area contributed by atoms with Crippen LogP contribution >= 0.6 is 0 Å². The van der Waals surface area contributed by atoms with Crippen LogP contribution in [0.1, 0.15) is 44.4 Å². The summed E-state index contributed by atoms with van der Waals surface area (Å²) in [6.45, 7) is 19.1. The summed E-state index contributed by atoms with van der Waals surface area (Å²) in [5.41, 5.74) is 10.3. The topological polar surface area (TPSA) is 114 Å². The zero-order valence-corrected chi connectivity index (χ0v) is 35.8. The molecule has 1 atom stereocenters. The predicted molar refractivity (Wildman–Crippen MR) is 205 cm³/mol. The second kappa shape index (κ2) is 20.2. The Morgan fingerprint density at radius 3 is 1.49 bits per heavy atom. The molecule has 1 unspecified atom stereocenters. The van der Waals surface area contributed by atoms with Gasteiger partial charge < -0.3 is 9.11 Å². The molecule has 0 saturated carbocycles. The van der Waals surface area contributed by atoms with Crippen LogP contribution in [0, 0.1) is 32.8 Å². The average Bonchev–Trinajstić information content (AvgIpc) is 3.54. The van der Waals surface area contributed by atoms with Crippen molar-refractivity contribution >= 4 is 36.4 Å². The third-order valence-corrected chi connectivity index (χ3v) is 9.53. The summed E-state index contributed by atoms with van der Waals surface area (Å²) in [5.74, 6) is 0.560. The molecule has 0 fully saturated rings. The van der Waals surface area contributed by atoms with Crippen molar-refractivity contribution in [3.05, 3.63) is 149 Å². The maximum Gasteiger partial charge on any atom is 0.124 e. The van der Waals surface area contributed by atoms with E-state index in [0.29, 0.717) is 5.92 Å². The molecule has 268 valence electrons. The minimum absolute atomic E-state index is 0.178. The van der Waals surface area contributed by atoms with Crippen molar-refractivity contribution in [1.82, 2.24) is 0 Å². The fourth-order valence-corrected chi connectivity index (χ4v) is 5.76. The fourth-order valence-electron chi connectivity index (χ4n) is 4.83. The van der Waals surface area contributed by atoms with Gasteiger partial charge in [-0.15, -0.1) is 41.5 Å². The van der Waals surface area contributed by atoms with E-state index in [1.165, 1.54) is 68.4 Å². The Morgan fingerprint density at radius 1 is 0.686 bits per heavy atom. The molecular weight excluding hydrogens is 772 g/mol. The molecule has 10 heteroatoms. The monoisotopic (exact) mass is 816 g/mol. The van der Waals surface area contributed by atoms with Crippen molar-refractivity contribution in [3.63, 3.8) is 0 Å². The third-order valence-electron chi connectivity index (χ3n) is 7.84. The van der Waals surface area contributed by atoms with Crippen LogP contribution in [0.25, 0.3) is 21.9 Å². The van der Waals surface area contributed by atoms with E-state index in [0.717, 1.165) is 11.1 Å². The van der Waals surface area contributed by atoms with E-state index in [9.17, 15) is 25.9 Å². The van der Waals surface area contributed by atoms with Gasteiger partial charge >= 0.3 is 41.9 Å². The summed E-state index contributed by atoms with van der Waals surface area (Å²) in [6, 6.07) is 33.1. The fraction of sp³-hybridized carbons (Fsp3) is 0.244. The van der Waals surface area contributed by atoms with E-state index in [4.69, 9.17) is 0 Å². The smallest absolute Gasteiger partial charge is 0.124 e. The van der Waals surface area contributed by atoms with Crippen LogP contribution in [0.2, 0.25) is 13.1 Å². The first-order chi connectivity index (χ1) is 23.7. The van der Waals surface area contributed by atoms with E-state index in [-0.39, 0.29) is 15.2 Å². The molecule has 6 rings (SSSR count). The molecule has 0 heterocycles. The van der Waals surface area contributed by atoms with E-state index >= 15 is 0 Å². The molecule has 0 amide bonds. The Labute approximate surface area is 320 Å². The Balaban J connectivity index is 0.000000233. The van der Waals surface area contributed by atoms with Gasteiger partial charge in [-0.1, -0.05) is 111 Å². The van der Waals surface area contributed by atoms with Crippen LogP contribution in [0.15, 0.2) is 136 Å². The number of aryl methyl sites for hydroxylation is 3. The summed E-state index contributed by atoms with van der Waals surface area (Å²) in [4.78, 5) is -0.355. The summed E-state index contributed by atoms with van der Waals surface area (Å²) < 4.78 is 62.3. The molecule has 0 aromatic heterocycles. The number of allylic oxidation sites excluding steroid dienone is 4. The first-order valence-corrected chi connectivity index (χ1v) is 25.3. The number of hydrogen-bond acceptors (Lipinski definition) is 6. The van der Waals surface area contributed by atoms with Gasteiger partial charge in [-0.2, -0.15) is 17.2 Å². The first-order valence-electron chi connectivity index (χ1n) is 16.3. The summed E-state index contributed by atoms with van der Waals surface area (Å²) in [5, 5.41) is 2.69. The van der Waals surface area contributed by atoms with Crippen molar-refractivity contribution in [2.24, 2.45) is 5.92 Å². The number of hydrogen-bond donors (Lipinski definition) is 0. The van der Waals surface area contributed by atoms with Crippen molar-refractivity contribution in [1.29, 1.82) is 0 Å². The number of rotatable bonds is 3. The molecule has 0 bridgehead atoms. The van der Waals surface area contributed by atoms with Crippen molar-refractivity contribution in [3.8, 4) is 11.1 Å². The molecular formula is C41H46O6S2SiZr-2. The second-order valence-corrected chi connectivity index (χ2v) is 24.7. The van der Waals surface area contributed by atoms with Gasteiger partial charge in [0.05, 0.1) is 9.79 Å². The molecule has 0 radical (unpaired) electrons. The first kappa shape index (κ1) is 44.1. The minimum atomic E-state index is -4.27. The summed E-state index contributed by atoms with van der Waals surface area (Å²) in [6.07, 6.45) is 3.36. The molecule has 1 aliphatic carbocycles. The van der Waals surface area contributed by atoms with Gasteiger partial charge in [0.15, 0.2) is 0 Å². The van der Waals surface area contributed by atoms with Crippen molar-refractivity contribution < 1.29 is 49.3 Å². The maximum atomic E-state index is 10.4. The number of benzene rings is 4. The van der Waals surface area contributed by atoms with Crippen molar-refractivity contribution in [2.75, 3.05) is 0 Å². The zero-order chi connectivity index (χ0) is 38.5. The number of fused-ring (bicyclic) bond motifs is 1. The largest absolute Gasteiger partial charge is 0.744 e. The zero-order valence-electron chi connectivity index (χ0n) is 30.7. The molecule has 0 saturated heterocycles. The summed E-state index contributed by atoms with van der Waals surface area (Å²) in [7, 11) is -8.54. The normalized spacial score (nSPS) is 13.7. The maximum absolute atomic E-state index is 10.4. The van der Waals surface area contributed by atoms with E-state index in [1.54, 1.807) is 47.6 Å². The molecule has 1 aliphatic rings. The molecule has 6 nitrogen and oxygen atoms in total. The van der Waals surface area contributed by atoms with Gasteiger partial charge in [0.1, 0.15) is 20.2 Å². The Kier molecular flexibility index (Phi) is 17.5. The standard InChI is InChI=1S/C16H13.C9H13.2C7H8O3S.C2H6Si.Zr/c1-12-10-14-8-5-9-15(16(14)11-12)13-6-3-2-4-7-13;1-6-5-7(2)9(4)8(6)3;2*1-6-2-4-7(5-3-6)11(8,9)10;1-3-2;/h2-11H,1H3;6H,1-4H3;2*2-5H,1H3,(H,8,9,10);1-2H3;/q2*-1;;;;+2/p-2. The third kappa shape index (κ3) is 15.2. The van der Waals surface area contributed by atoms with Crippen LogP contribution in [-0.4, -0.2) is 31.4 Å². The van der Waals surface area contributed by atoms with Gasteiger partial charge in [0.25, 0.3) is 0 Å².